The van der Waals surface area contributed by atoms with Crippen LogP contribution in [0.25, 0.3) is 0 Å². The summed E-state index contributed by atoms with van der Waals surface area (Å²) in [6, 6.07) is 0.403. The van der Waals surface area contributed by atoms with Gasteiger partial charge in [0.25, 0.3) is 0 Å². The van der Waals surface area contributed by atoms with Gasteiger partial charge in [-0.15, -0.1) is 0 Å². The van der Waals surface area contributed by atoms with E-state index in [2.05, 4.69) is 14.8 Å². The number of hydrogen-bond donors (Lipinski definition) is 0. The number of sulfone groups is 1. The number of carbonyl (C=O) groups excluding carboxylic acids is 1. The highest BCUT2D eigenvalue weighted by molar-refractivity contribution is 7.91. The molecule has 1 aromatic rings. The lowest BCUT2D eigenvalue weighted by Gasteiger charge is -2.40. The summed E-state index contributed by atoms with van der Waals surface area (Å²) in [5, 5.41) is 0.147. The van der Waals surface area contributed by atoms with E-state index < -0.39 is 9.84 Å². The maximum atomic E-state index is 12.8. The molecule has 30 heavy (non-hydrogen) atoms. The fraction of sp³-hybridized carbons (Fsp3) is 0.810. The Hall–Kier alpha value is -1.45. The molecule has 8 nitrogen and oxygen atoms in total. The lowest BCUT2D eigenvalue weighted by atomic mass is 9.93. The smallest absolute Gasteiger partial charge is 0.237 e. The molecule has 1 aromatic heterocycles. The molecule has 0 bridgehead atoms. The third-order valence-corrected chi connectivity index (χ3v) is 8.38. The molecular weight excluding hydrogens is 404 g/mol. The van der Waals surface area contributed by atoms with Gasteiger partial charge in [0.2, 0.25) is 20.9 Å². The van der Waals surface area contributed by atoms with Crippen LogP contribution in [0.3, 0.4) is 0 Å². The van der Waals surface area contributed by atoms with Crippen molar-refractivity contribution in [2.45, 2.75) is 69.2 Å². The van der Waals surface area contributed by atoms with Crippen molar-refractivity contribution in [2.24, 2.45) is 5.92 Å². The van der Waals surface area contributed by atoms with Gasteiger partial charge in [-0.2, -0.15) is 0 Å². The summed E-state index contributed by atoms with van der Waals surface area (Å²) in [6.45, 7) is 3.34. The molecule has 2 saturated carbocycles. The molecule has 0 atom stereocenters. The highest BCUT2D eigenvalue weighted by atomic mass is 32.2. The van der Waals surface area contributed by atoms with Crippen molar-refractivity contribution < 1.29 is 17.9 Å². The average Bonchev–Trinajstić information content (AvgIpc) is 3.44. The van der Waals surface area contributed by atoms with Crippen molar-refractivity contribution in [3.63, 3.8) is 0 Å². The lowest BCUT2D eigenvalue weighted by Crippen LogP contribution is -2.54. The highest BCUT2D eigenvalue weighted by Crippen LogP contribution is 2.32. The van der Waals surface area contributed by atoms with Crippen LogP contribution in [0.2, 0.25) is 0 Å². The summed E-state index contributed by atoms with van der Waals surface area (Å²) >= 11 is 0. The van der Waals surface area contributed by atoms with Gasteiger partial charge >= 0.3 is 0 Å². The molecule has 0 unspecified atom stereocenters. The minimum absolute atomic E-state index is 0.147. The second-order valence-electron chi connectivity index (χ2n) is 8.99. The van der Waals surface area contributed by atoms with Gasteiger partial charge in [0.15, 0.2) is 0 Å². The number of methoxy groups -OCH3 is 1. The van der Waals surface area contributed by atoms with E-state index in [9.17, 15) is 13.2 Å². The fourth-order valence-electron chi connectivity index (χ4n) is 4.74. The zero-order chi connectivity index (χ0) is 21.1. The number of nitrogens with zero attached hydrogens (tertiary/aromatic N) is 4. The van der Waals surface area contributed by atoms with Crippen molar-refractivity contribution in [1.82, 2.24) is 19.4 Å². The molecule has 9 heteroatoms. The topological polar surface area (TPSA) is 84.7 Å². The second kappa shape index (κ2) is 9.36. The third kappa shape index (κ3) is 5.06. The van der Waals surface area contributed by atoms with Crippen LogP contribution in [-0.4, -0.2) is 78.8 Å². The van der Waals surface area contributed by atoms with Crippen molar-refractivity contribution >= 4 is 15.7 Å². The van der Waals surface area contributed by atoms with Crippen molar-refractivity contribution in [1.29, 1.82) is 0 Å². The van der Waals surface area contributed by atoms with E-state index in [1.807, 2.05) is 0 Å². The lowest BCUT2D eigenvalue weighted by molar-refractivity contribution is -0.139. The minimum Gasteiger partial charge on any atom is -0.383 e. The van der Waals surface area contributed by atoms with E-state index >= 15 is 0 Å². The van der Waals surface area contributed by atoms with Crippen LogP contribution < -0.4 is 0 Å². The Labute approximate surface area is 179 Å². The molecule has 2 heterocycles. The van der Waals surface area contributed by atoms with E-state index in [1.165, 1.54) is 19.3 Å². The molecule has 1 aliphatic heterocycles. The molecule has 1 saturated heterocycles. The highest BCUT2D eigenvalue weighted by Gasteiger charge is 2.34. The van der Waals surface area contributed by atoms with Gasteiger partial charge in [0, 0.05) is 39.3 Å². The Morgan fingerprint density at radius 3 is 2.57 bits per heavy atom. The predicted molar refractivity (Wildman–Crippen MR) is 113 cm³/mol. The van der Waals surface area contributed by atoms with E-state index in [-0.39, 0.29) is 22.7 Å². The maximum Gasteiger partial charge on any atom is 0.237 e. The van der Waals surface area contributed by atoms with Crippen molar-refractivity contribution in [3.05, 3.63) is 11.9 Å². The molecule has 2 aliphatic carbocycles. The number of aromatic nitrogens is 2. The van der Waals surface area contributed by atoms with Crippen LogP contribution in [0.5, 0.6) is 0 Å². The quantitative estimate of drug-likeness (QED) is 0.583. The van der Waals surface area contributed by atoms with Gasteiger partial charge in [0.1, 0.15) is 0 Å². The van der Waals surface area contributed by atoms with Crippen molar-refractivity contribution in [2.75, 3.05) is 39.1 Å². The molecule has 0 radical (unpaired) electrons. The molecule has 0 aromatic carbocycles. The Kier molecular flexibility index (Phi) is 6.79. The normalized spacial score (nSPS) is 22.0. The largest absolute Gasteiger partial charge is 0.383 e. The Balaban J connectivity index is 1.44. The predicted octanol–water partition coefficient (Wildman–Crippen LogP) is 1.69. The van der Waals surface area contributed by atoms with Gasteiger partial charge in [-0.25, -0.2) is 13.4 Å². The molecule has 3 fully saturated rings. The first-order chi connectivity index (χ1) is 14.5. The van der Waals surface area contributed by atoms with Crippen LogP contribution in [0.15, 0.2) is 11.4 Å². The molecule has 0 spiro atoms. The number of ether oxygens (including phenoxy) is 1. The van der Waals surface area contributed by atoms with Gasteiger partial charge in [-0.05, 0) is 31.6 Å². The average molecular weight is 439 g/mol. The Morgan fingerprint density at radius 1 is 1.13 bits per heavy atom. The first-order valence-electron chi connectivity index (χ1n) is 11.3. The van der Waals surface area contributed by atoms with E-state index in [0.717, 1.165) is 44.5 Å². The molecule has 168 valence electrons. The summed E-state index contributed by atoms with van der Waals surface area (Å²) in [5.74, 6) is 0.642. The summed E-state index contributed by atoms with van der Waals surface area (Å²) in [4.78, 5) is 21.3. The summed E-state index contributed by atoms with van der Waals surface area (Å²) in [7, 11) is -1.80. The van der Waals surface area contributed by atoms with Gasteiger partial charge < -0.3 is 14.2 Å². The van der Waals surface area contributed by atoms with E-state index in [1.54, 1.807) is 17.9 Å². The monoisotopic (exact) mass is 438 g/mol. The molecule has 3 aliphatic rings. The van der Waals surface area contributed by atoms with Gasteiger partial charge in [0.05, 0.1) is 30.8 Å². The maximum absolute atomic E-state index is 12.8. The number of rotatable bonds is 9. The zero-order valence-corrected chi connectivity index (χ0v) is 18.8. The van der Waals surface area contributed by atoms with Crippen LogP contribution >= 0.6 is 0 Å². The second-order valence-corrected chi connectivity index (χ2v) is 10.9. The first kappa shape index (κ1) is 21.8. The number of hydrogen-bond acceptors (Lipinski definition) is 6. The van der Waals surface area contributed by atoms with Crippen LogP contribution in [-0.2, 0) is 32.5 Å². The number of imidazole rings is 1. The summed E-state index contributed by atoms with van der Waals surface area (Å²) in [6.07, 6.45) is 9.59. The van der Waals surface area contributed by atoms with Crippen molar-refractivity contribution in [3.8, 4) is 0 Å². The molecule has 4 rings (SSSR count). The first-order valence-corrected chi connectivity index (χ1v) is 12.9. The Morgan fingerprint density at radius 2 is 1.90 bits per heavy atom. The van der Waals surface area contributed by atoms with Crippen LogP contribution in [0.1, 0.15) is 50.6 Å². The summed E-state index contributed by atoms with van der Waals surface area (Å²) < 4.78 is 32.7. The number of carbonyl (C=O) groups is 1. The zero-order valence-electron chi connectivity index (χ0n) is 18.0. The Bertz CT molecular complexity index is 843. The van der Waals surface area contributed by atoms with E-state index in [4.69, 9.17) is 4.74 Å². The molecule has 1 amide bonds. The van der Waals surface area contributed by atoms with Gasteiger partial charge in [-0.3, -0.25) is 9.69 Å². The molecular formula is C21H34N4O4S. The standard InChI is InChI=1S/C21H34N4O4S/c1-29-12-11-25-19(13-22-21(25)30(27,28)16-17-7-8-17)14-23-9-10-24(20(26)15-23)18-5-3-2-4-6-18/h13,17-18H,2-12,14-16H2,1H3. The van der Waals surface area contributed by atoms with Crippen LogP contribution in [0.4, 0.5) is 0 Å². The summed E-state index contributed by atoms with van der Waals surface area (Å²) in [5.41, 5.74) is 0.834. The minimum atomic E-state index is -3.41. The number of amides is 1. The SMILES string of the molecule is COCCn1c(CN2CCN(C3CCCCC3)C(=O)C2)cnc1S(=O)(=O)CC1CC1. The van der Waals surface area contributed by atoms with E-state index in [0.29, 0.717) is 32.3 Å². The molecule has 0 N–H and O–H groups in total. The number of piperazine rings is 1. The third-order valence-electron chi connectivity index (χ3n) is 6.59. The fourth-order valence-corrected chi connectivity index (χ4v) is 6.60. The van der Waals surface area contributed by atoms with Gasteiger partial charge in [-0.1, -0.05) is 19.3 Å². The van der Waals surface area contributed by atoms with Crippen LogP contribution in [0, 0.1) is 5.92 Å².